The third-order valence-electron chi connectivity index (χ3n) is 3.76. The Morgan fingerprint density at radius 2 is 2.10 bits per heavy atom. The van der Waals surface area contributed by atoms with Crippen LogP contribution in [0.4, 0.5) is 10.5 Å². The van der Waals surface area contributed by atoms with Gasteiger partial charge in [0.25, 0.3) is 0 Å². The molecule has 6 heteroatoms. The van der Waals surface area contributed by atoms with Gasteiger partial charge in [0.15, 0.2) is 11.5 Å². The predicted octanol–water partition coefficient (Wildman–Crippen LogP) is 2.45. The van der Waals surface area contributed by atoms with Crippen molar-refractivity contribution in [1.82, 2.24) is 4.90 Å². The van der Waals surface area contributed by atoms with Gasteiger partial charge >= 0.3 is 6.09 Å². The first-order valence-electron chi connectivity index (χ1n) is 7.34. The third kappa shape index (κ3) is 3.15. The highest BCUT2D eigenvalue weighted by Crippen LogP contribution is 2.34. The minimum atomic E-state index is -0.209. The van der Waals surface area contributed by atoms with E-state index in [1.807, 2.05) is 25.1 Å². The summed E-state index contributed by atoms with van der Waals surface area (Å²) in [4.78, 5) is 13.4. The highest BCUT2D eigenvalue weighted by molar-refractivity contribution is 5.67. The molecule has 1 amide bonds. The van der Waals surface area contributed by atoms with Crippen molar-refractivity contribution in [1.29, 1.82) is 0 Å². The number of anilines is 1. The summed E-state index contributed by atoms with van der Waals surface area (Å²) in [6, 6.07) is 6.22. The zero-order chi connectivity index (χ0) is 14.7. The maximum Gasteiger partial charge on any atom is 0.409 e. The molecule has 0 aliphatic carbocycles. The number of nitrogens with one attached hydrogen (secondary N) is 1. The van der Waals surface area contributed by atoms with Crippen LogP contribution >= 0.6 is 0 Å². The number of likely N-dealkylation sites (tertiary alicyclic amines) is 1. The first-order valence-corrected chi connectivity index (χ1v) is 7.34. The maximum atomic E-state index is 11.6. The Morgan fingerprint density at radius 3 is 2.86 bits per heavy atom. The van der Waals surface area contributed by atoms with Crippen LogP contribution in [-0.4, -0.2) is 43.5 Å². The number of amides is 1. The lowest BCUT2D eigenvalue weighted by Gasteiger charge is -2.32. The van der Waals surface area contributed by atoms with E-state index in [9.17, 15) is 4.79 Å². The summed E-state index contributed by atoms with van der Waals surface area (Å²) in [6.45, 7) is 3.98. The second kappa shape index (κ2) is 6.11. The summed E-state index contributed by atoms with van der Waals surface area (Å²) in [7, 11) is 0. The average molecular weight is 292 g/mol. The van der Waals surface area contributed by atoms with Gasteiger partial charge in [-0.15, -0.1) is 0 Å². The van der Waals surface area contributed by atoms with E-state index in [1.165, 1.54) is 0 Å². The van der Waals surface area contributed by atoms with Crippen LogP contribution < -0.4 is 14.8 Å². The van der Waals surface area contributed by atoms with Gasteiger partial charge in [0.05, 0.1) is 6.61 Å². The third-order valence-corrected chi connectivity index (χ3v) is 3.76. The molecule has 0 saturated carbocycles. The Morgan fingerprint density at radius 1 is 1.33 bits per heavy atom. The fourth-order valence-electron chi connectivity index (χ4n) is 2.64. The first kappa shape index (κ1) is 13.9. The second-order valence-corrected chi connectivity index (χ2v) is 5.17. The summed E-state index contributed by atoms with van der Waals surface area (Å²) in [6.07, 6.45) is 1.61. The zero-order valence-electron chi connectivity index (χ0n) is 12.1. The minimum absolute atomic E-state index is 0.209. The molecule has 0 radical (unpaired) electrons. The van der Waals surface area contributed by atoms with E-state index in [4.69, 9.17) is 14.2 Å². The number of carbonyl (C=O) groups excluding carboxylic acids is 1. The van der Waals surface area contributed by atoms with Crippen LogP contribution in [0.15, 0.2) is 18.2 Å². The van der Waals surface area contributed by atoms with Gasteiger partial charge in [-0.3, -0.25) is 0 Å². The average Bonchev–Trinajstić information content (AvgIpc) is 2.96. The molecule has 0 bridgehead atoms. The van der Waals surface area contributed by atoms with Crippen LogP contribution in [0.1, 0.15) is 19.8 Å². The Labute approximate surface area is 124 Å². The fraction of sp³-hybridized carbons (Fsp3) is 0.533. The molecular weight excluding hydrogens is 272 g/mol. The molecule has 2 aliphatic rings. The quantitative estimate of drug-likeness (QED) is 0.927. The Balaban J connectivity index is 1.52. The molecule has 1 aromatic carbocycles. The van der Waals surface area contributed by atoms with Crippen LogP contribution in [0.5, 0.6) is 11.5 Å². The number of piperidine rings is 1. The van der Waals surface area contributed by atoms with E-state index < -0.39 is 0 Å². The number of hydrogen-bond acceptors (Lipinski definition) is 5. The standard InChI is InChI=1S/C15H20N2O4/c1-2-19-15(18)17-7-5-11(6-8-17)16-12-3-4-13-14(9-12)21-10-20-13/h3-4,9,11,16H,2,5-8,10H2,1H3. The molecule has 3 rings (SSSR count). The normalized spacial score (nSPS) is 17.7. The van der Waals surface area contributed by atoms with Crippen LogP contribution in [0.3, 0.4) is 0 Å². The molecule has 0 unspecified atom stereocenters. The SMILES string of the molecule is CCOC(=O)N1CCC(Nc2ccc3c(c2)OCO3)CC1. The zero-order valence-corrected chi connectivity index (χ0v) is 12.1. The summed E-state index contributed by atoms with van der Waals surface area (Å²) in [5.74, 6) is 1.57. The van der Waals surface area contributed by atoms with Gasteiger partial charge in [0, 0.05) is 30.9 Å². The van der Waals surface area contributed by atoms with Gasteiger partial charge in [-0.25, -0.2) is 4.79 Å². The molecule has 2 aliphatic heterocycles. The van der Waals surface area contributed by atoms with Crippen molar-refractivity contribution in [3.05, 3.63) is 18.2 Å². The minimum Gasteiger partial charge on any atom is -0.454 e. The van der Waals surface area contributed by atoms with Gasteiger partial charge in [0.1, 0.15) is 0 Å². The molecule has 2 heterocycles. The summed E-state index contributed by atoms with van der Waals surface area (Å²) < 4.78 is 15.7. The summed E-state index contributed by atoms with van der Waals surface area (Å²) in [5.41, 5.74) is 1.02. The number of rotatable bonds is 3. The smallest absolute Gasteiger partial charge is 0.409 e. The van der Waals surface area contributed by atoms with Gasteiger partial charge in [0.2, 0.25) is 6.79 Å². The summed E-state index contributed by atoms with van der Waals surface area (Å²) in [5, 5.41) is 3.49. The molecule has 0 spiro atoms. The van der Waals surface area contributed by atoms with Crippen molar-refractivity contribution in [2.75, 3.05) is 31.8 Å². The molecule has 114 valence electrons. The first-order chi connectivity index (χ1) is 10.3. The van der Waals surface area contributed by atoms with Crippen molar-refractivity contribution >= 4 is 11.8 Å². The largest absolute Gasteiger partial charge is 0.454 e. The topological polar surface area (TPSA) is 60.0 Å². The number of benzene rings is 1. The molecule has 1 N–H and O–H groups in total. The predicted molar refractivity (Wildman–Crippen MR) is 77.8 cm³/mol. The molecule has 0 aromatic heterocycles. The van der Waals surface area contributed by atoms with E-state index in [0.717, 1.165) is 43.1 Å². The Kier molecular flexibility index (Phi) is 4.03. The molecule has 1 fully saturated rings. The van der Waals surface area contributed by atoms with Gasteiger partial charge < -0.3 is 24.4 Å². The molecule has 0 atom stereocenters. The number of nitrogens with zero attached hydrogens (tertiary/aromatic N) is 1. The van der Waals surface area contributed by atoms with Crippen molar-refractivity contribution < 1.29 is 19.0 Å². The second-order valence-electron chi connectivity index (χ2n) is 5.17. The van der Waals surface area contributed by atoms with Crippen molar-refractivity contribution in [3.8, 4) is 11.5 Å². The highest BCUT2D eigenvalue weighted by Gasteiger charge is 2.23. The Hall–Kier alpha value is -2.11. The lowest BCUT2D eigenvalue weighted by molar-refractivity contribution is 0.0983. The summed E-state index contributed by atoms with van der Waals surface area (Å²) >= 11 is 0. The van der Waals surface area contributed by atoms with E-state index in [2.05, 4.69) is 5.32 Å². The van der Waals surface area contributed by atoms with Crippen LogP contribution in [0.25, 0.3) is 0 Å². The van der Waals surface area contributed by atoms with E-state index >= 15 is 0 Å². The molecule has 6 nitrogen and oxygen atoms in total. The van der Waals surface area contributed by atoms with E-state index in [1.54, 1.807) is 4.90 Å². The van der Waals surface area contributed by atoms with Crippen LogP contribution in [0.2, 0.25) is 0 Å². The maximum absolute atomic E-state index is 11.6. The fourth-order valence-corrected chi connectivity index (χ4v) is 2.64. The van der Waals surface area contributed by atoms with Crippen LogP contribution in [0, 0.1) is 0 Å². The lowest BCUT2D eigenvalue weighted by atomic mass is 10.0. The molecular formula is C15H20N2O4. The van der Waals surface area contributed by atoms with Crippen LogP contribution in [-0.2, 0) is 4.74 Å². The monoisotopic (exact) mass is 292 g/mol. The number of hydrogen-bond donors (Lipinski definition) is 1. The molecule has 1 saturated heterocycles. The van der Waals surface area contributed by atoms with Crippen molar-refractivity contribution in [2.24, 2.45) is 0 Å². The van der Waals surface area contributed by atoms with Gasteiger partial charge in [-0.2, -0.15) is 0 Å². The Bertz CT molecular complexity index is 512. The van der Waals surface area contributed by atoms with E-state index in [-0.39, 0.29) is 12.9 Å². The van der Waals surface area contributed by atoms with Gasteiger partial charge in [-0.1, -0.05) is 0 Å². The lowest BCUT2D eigenvalue weighted by Crippen LogP contribution is -2.42. The van der Waals surface area contributed by atoms with E-state index in [0.29, 0.717) is 12.6 Å². The number of ether oxygens (including phenoxy) is 3. The number of carbonyl (C=O) groups is 1. The van der Waals surface area contributed by atoms with Crippen molar-refractivity contribution in [2.45, 2.75) is 25.8 Å². The number of fused-ring (bicyclic) bond motifs is 1. The molecule has 21 heavy (non-hydrogen) atoms. The molecule has 1 aromatic rings. The highest BCUT2D eigenvalue weighted by atomic mass is 16.7. The van der Waals surface area contributed by atoms with Crippen molar-refractivity contribution in [3.63, 3.8) is 0 Å². The van der Waals surface area contributed by atoms with Gasteiger partial charge in [-0.05, 0) is 31.9 Å².